The van der Waals surface area contributed by atoms with Crippen LogP contribution in [0.1, 0.15) is 15.9 Å². The highest BCUT2D eigenvalue weighted by Crippen LogP contribution is 2.31. The molecular formula is C11H8BrNO. The summed E-state index contributed by atoms with van der Waals surface area (Å²) in [6.45, 7) is 0. The molecule has 2 aromatic rings. The summed E-state index contributed by atoms with van der Waals surface area (Å²) in [6, 6.07) is 6.11. The highest BCUT2D eigenvalue weighted by atomic mass is 79.9. The first-order chi connectivity index (χ1) is 6.77. The Morgan fingerprint density at radius 1 is 1.43 bits per heavy atom. The topological polar surface area (TPSA) is 32.9 Å². The van der Waals surface area contributed by atoms with Gasteiger partial charge in [-0.15, -0.1) is 0 Å². The quantitative estimate of drug-likeness (QED) is 0.716. The van der Waals surface area contributed by atoms with Gasteiger partial charge in [-0.1, -0.05) is 28.1 Å². The lowest BCUT2D eigenvalue weighted by atomic mass is 9.92. The van der Waals surface area contributed by atoms with Gasteiger partial charge in [-0.2, -0.15) is 0 Å². The van der Waals surface area contributed by atoms with Crippen molar-refractivity contribution < 1.29 is 4.79 Å². The van der Waals surface area contributed by atoms with Crippen molar-refractivity contribution in [1.29, 1.82) is 0 Å². The number of aromatic nitrogens is 1. The highest BCUT2D eigenvalue weighted by molar-refractivity contribution is 9.10. The minimum absolute atomic E-state index is 0.0589. The fourth-order valence-electron chi connectivity index (χ4n) is 2.08. The van der Waals surface area contributed by atoms with Crippen molar-refractivity contribution in [2.75, 3.05) is 0 Å². The van der Waals surface area contributed by atoms with Crippen molar-refractivity contribution in [3.05, 3.63) is 35.5 Å². The van der Waals surface area contributed by atoms with Crippen LogP contribution in [-0.2, 0) is 6.42 Å². The molecule has 0 spiro atoms. The Morgan fingerprint density at radius 3 is 3.14 bits per heavy atom. The fourth-order valence-corrected chi connectivity index (χ4v) is 2.67. The first kappa shape index (κ1) is 8.24. The van der Waals surface area contributed by atoms with Crippen LogP contribution in [0.2, 0.25) is 0 Å². The summed E-state index contributed by atoms with van der Waals surface area (Å²) >= 11 is 3.41. The van der Waals surface area contributed by atoms with E-state index in [-0.39, 0.29) is 10.6 Å². The lowest BCUT2D eigenvalue weighted by molar-refractivity contribution is 0.0990. The molecule has 1 N–H and O–H groups in total. The number of carbonyl (C=O) groups is 1. The van der Waals surface area contributed by atoms with Gasteiger partial charge in [0.05, 0.1) is 4.83 Å². The summed E-state index contributed by atoms with van der Waals surface area (Å²) in [5.41, 5.74) is 3.13. The number of carbonyl (C=O) groups excluding carboxylic acids is 1. The van der Waals surface area contributed by atoms with E-state index in [1.807, 2.05) is 18.3 Å². The van der Waals surface area contributed by atoms with E-state index in [0.717, 1.165) is 22.9 Å². The molecule has 0 saturated heterocycles. The second-order valence-electron chi connectivity index (χ2n) is 3.58. The van der Waals surface area contributed by atoms with Gasteiger partial charge in [-0.3, -0.25) is 4.79 Å². The second-order valence-corrected chi connectivity index (χ2v) is 4.68. The standard InChI is InChI=1S/C11H8BrNO/c12-8-4-6-2-1-3-9-10(6)7(5-13-9)11(8)14/h1-3,5,8,13H,4H2. The molecule has 3 rings (SSSR count). The third kappa shape index (κ3) is 0.932. The molecule has 0 saturated carbocycles. The number of halogens is 1. The summed E-state index contributed by atoms with van der Waals surface area (Å²) in [5, 5.41) is 1.10. The van der Waals surface area contributed by atoms with Crippen LogP contribution in [0, 0.1) is 0 Å². The average Bonchev–Trinajstić information content (AvgIpc) is 2.60. The number of alkyl halides is 1. The molecule has 1 heterocycles. The second kappa shape index (κ2) is 2.70. The molecule has 1 atom stereocenters. The number of nitrogens with one attached hydrogen (secondary N) is 1. The van der Waals surface area contributed by atoms with Crippen LogP contribution in [0.3, 0.4) is 0 Å². The van der Waals surface area contributed by atoms with Gasteiger partial charge < -0.3 is 4.98 Å². The van der Waals surface area contributed by atoms with Gasteiger partial charge in [0.2, 0.25) is 0 Å². The van der Waals surface area contributed by atoms with Crippen molar-refractivity contribution in [1.82, 2.24) is 4.98 Å². The van der Waals surface area contributed by atoms with Gasteiger partial charge in [0.25, 0.3) is 0 Å². The Balaban J connectivity index is 2.44. The van der Waals surface area contributed by atoms with E-state index >= 15 is 0 Å². The maximum absolute atomic E-state index is 11.8. The first-order valence-electron chi connectivity index (χ1n) is 4.54. The minimum atomic E-state index is -0.0589. The number of H-pyrrole nitrogens is 1. The van der Waals surface area contributed by atoms with E-state index in [9.17, 15) is 4.79 Å². The van der Waals surface area contributed by atoms with Gasteiger partial charge >= 0.3 is 0 Å². The van der Waals surface area contributed by atoms with Gasteiger partial charge in [0.15, 0.2) is 5.78 Å². The van der Waals surface area contributed by atoms with E-state index in [1.165, 1.54) is 5.56 Å². The number of Topliss-reactive ketones (excluding diaryl/α,β-unsaturated/α-hetero) is 1. The minimum Gasteiger partial charge on any atom is -0.360 e. The monoisotopic (exact) mass is 249 g/mol. The van der Waals surface area contributed by atoms with E-state index in [2.05, 4.69) is 27.0 Å². The van der Waals surface area contributed by atoms with E-state index < -0.39 is 0 Å². The SMILES string of the molecule is O=C1c2c[nH]c3cccc(c23)CC1Br. The molecule has 70 valence electrons. The fraction of sp³-hybridized carbons (Fsp3) is 0.182. The highest BCUT2D eigenvalue weighted by Gasteiger charge is 2.27. The van der Waals surface area contributed by atoms with Crippen molar-refractivity contribution >= 4 is 32.6 Å². The zero-order chi connectivity index (χ0) is 9.71. The van der Waals surface area contributed by atoms with Crippen molar-refractivity contribution in [3.8, 4) is 0 Å². The molecule has 1 aromatic heterocycles. The lowest BCUT2D eigenvalue weighted by Crippen LogP contribution is -2.20. The number of rotatable bonds is 0. The Hall–Kier alpha value is -1.09. The summed E-state index contributed by atoms with van der Waals surface area (Å²) in [7, 11) is 0. The van der Waals surface area contributed by atoms with Crippen LogP contribution in [-0.4, -0.2) is 15.6 Å². The number of hydrogen-bond donors (Lipinski definition) is 1. The molecule has 0 amide bonds. The van der Waals surface area contributed by atoms with Crippen molar-refractivity contribution in [3.63, 3.8) is 0 Å². The maximum atomic E-state index is 11.8. The van der Waals surface area contributed by atoms with Gasteiger partial charge in [-0.05, 0) is 18.1 Å². The summed E-state index contributed by atoms with van der Waals surface area (Å²) in [4.78, 5) is 14.9. The molecule has 2 nitrogen and oxygen atoms in total. The van der Waals surface area contributed by atoms with Gasteiger partial charge in [0, 0.05) is 22.7 Å². The number of benzene rings is 1. The molecular weight excluding hydrogens is 242 g/mol. The Bertz CT molecular complexity index is 529. The summed E-state index contributed by atoms with van der Waals surface area (Å²) < 4.78 is 0. The van der Waals surface area contributed by atoms with Crippen LogP contribution in [0.25, 0.3) is 10.9 Å². The van der Waals surface area contributed by atoms with Crippen molar-refractivity contribution in [2.24, 2.45) is 0 Å². The Kier molecular flexibility index (Phi) is 1.59. The van der Waals surface area contributed by atoms with Crippen LogP contribution in [0.4, 0.5) is 0 Å². The predicted molar refractivity (Wildman–Crippen MR) is 59.0 cm³/mol. The molecule has 14 heavy (non-hydrogen) atoms. The Labute approximate surface area is 89.4 Å². The predicted octanol–water partition coefficient (Wildman–Crippen LogP) is 2.67. The normalized spacial score (nSPS) is 20.4. The molecule has 3 heteroatoms. The van der Waals surface area contributed by atoms with Crippen LogP contribution in [0.15, 0.2) is 24.4 Å². The van der Waals surface area contributed by atoms with Crippen LogP contribution < -0.4 is 0 Å². The van der Waals surface area contributed by atoms with Gasteiger partial charge in [0.1, 0.15) is 0 Å². The zero-order valence-electron chi connectivity index (χ0n) is 7.38. The molecule has 0 bridgehead atoms. The first-order valence-corrected chi connectivity index (χ1v) is 5.46. The molecule has 1 unspecified atom stereocenters. The number of hydrogen-bond acceptors (Lipinski definition) is 1. The maximum Gasteiger partial charge on any atom is 0.178 e. The van der Waals surface area contributed by atoms with E-state index in [1.54, 1.807) is 0 Å². The molecule has 0 aliphatic heterocycles. The van der Waals surface area contributed by atoms with Crippen molar-refractivity contribution in [2.45, 2.75) is 11.2 Å². The molecule has 0 fully saturated rings. The molecule has 1 aliphatic carbocycles. The molecule has 1 aliphatic rings. The molecule has 0 radical (unpaired) electrons. The lowest BCUT2D eigenvalue weighted by Gasteiger charge is -2.15. The average molecular weight is 250 g/mol. The third-order valence-electron chi connectivity index (χ3n) is 2.74. The van der Waals surface area contributed by atoms with Gasteiger partial charge in [-0.25, -0.2) is 0 Å². The zero-order valence-corrected chi connectivity index (χ0v) is 8.97. The van der Waals surface area contributed by atoms with E-state index in [4.69, 9.17) is 0 Å². The smallest absolute Gasteiger partial charge is 0.178 e. The number of aromatic amines is 1. The Morgan fingerprint density at radius 2 is 2.29 bits per heavy atom. The van der Waals surface area contributed by atoms with E-state index in [0.29, 0.717) is 0 Å². The third-order valence-corrected chi connectivity index (χ3v) is 3.48. The van der Waals surface area contributed by atoms with Crippen LogP contribution in [0.5, 0.6) is 0 Å². The molecule has 1 aromatic carbocycles. The summed E-state index contributed by atoms with van der Waals surface area (Å²) in [5.74, 6) is 0.190. The largest absolute Gasteiger partial charge is 0.360 e. The number of ketones is 1. The van der Waals surface area contributed by atoms with Crippen LogP contribution >= 0.6 is 15.9 Å². The summed E-state index contributed by atoms with van der Waals surface area (Å²) in [6.07, 6.45) is 2.60.